The first-order chi connectivity index (χ1) is 48.7. The molecule has 11 rings (SSSR count). The lowest BCUT2D eigenvalue weighted by atomic mass is 10.1. The van der Waals surface area contributed by atoms with Gasteiger partial charge < -0.3 is 63.0 Å². The van der Waals surface area contributed by atoms with E-state index in [2.05, 4.69) is 47.3 Å². The number of aliphatic hydroxyl groups excluding tert-OH is 2. The van der Waals surface area contributed by atoms with E-state index in [0.717, 1.165) is 122 Å². The van der Waals surface area contributed by atoms with E-state index in [9.17, 15) is 72.0 Å². The molecule has 14 N–H and O–H groups in total. The third-order valence-corrected chi connectivity index (χ3v) is 14.0. The van der Waals surface area contributed by atoms with Crippen molar-refractivity contribution in [3.05, 3.63) is 213 Å². The number of benzene rings is 7. The number of nitro groups is 3. The number of nitrogens with two attached hydrogens (primary N) is 3. The van der Waals surface area contributed by atoms with E-state index in [1.54, 1.807) is 39.0 Å². The molecule has 27 nitrogen and oxygen atoms in total. The molecule has 556 valence electrons. The fourth-order valence-corrected chi connectivity index (χ4v) is 9.06. The van der Waals surface area contributed by atoms with Crippen LogP contribution < -0.4 is 22.5 Å². The van der Waals surface area contributed by atoms with Gasteiger partial charge in [-0.05, 0) is 191 Å². The highest BCUT2D eigenvalue weighted by molar-refractivity contribution is 7.78. The molecule has 0 radical (unpaired) electrons. The SMILES string of the molecule is CC(=N)c1ccc([N+](=O)[O-])c(O)c1.CCO.CCO.Cl.FC(F)(F)c1cc(N=C=S)ccc1Cl.FC(F)(F)c1cc(Nc2nc3ccc(C4=NCCC4)cc3o2)ccc1Cl.NCCN.Nc1ccc(C2=NCCC2)cc1O.O=[N+]([O-])c1ccc(C2=NCCC2)cc1O.[C-]#[N+]c1ccc([N+](=O)[O-])c(O)c1. The second-order valence-corrected chi connectivity index (χ2v) is 21.7. The normalized spacial score (nSPS) is 12.2. The average molecular weight is 1530 g/mol. The van der Waals surface area contributed by atoms with E-state index < -0.39 is 49.7 Å². The lowest BCUT2D eigenvalue weighted by molar-refractivity contribution is -0.386. The quantitative estimate of drug-likeness (QED) is 0.00837. The van der Waals surface area contributed by atoms with Gasteiger partial charge in [0.2, 0.25) is 0 Å². The summed E-state index contributed by atoms with van der Waals surface area (Å²) >= 11 is 15.3. The molecule has 3 aliphatic heterocycles. The minimum Gasteiger partial charge on any atom is -0.506 e. The number of isothiocyanates is 1. The minimum atomic E-state index is -4.53. The van der Waals surface area contributed by atoms with Crippen LogP contribution in [0.15, 0.2) is 152 Å². The van der Waals surface area contributed by atoms with Crippen molar-refractivity contribution in [3.63, 3.8) is 0 Å². The summed E-state index contributed by atoms with van der Waals surface area (Å²) < 4.78 is 81.4. The first-order valence-corrected chi connectivity index (χ1v) is 31.5. The van der Waals surface area contributed by atoms with E-state index in [1.807, 2.05) is 29.4 Å². The molecule has 0 amide bonds. The zero-order valence-electron chi connectivity index (χ0n) is 55.5. The largest absolute Gasteiger partial charge is 0.506 e. The van der Waals surface area contributed by atoms with Crippen LogP contribution in [-0.2, 0) is 12.4 Å². The average Bonchev–Trinajstić information content (AvgIpc) is 1.60. The van der Waals surface area contributed by atoms with Crippen LogP contribution in [0.3, 0.4) is 0 Å². The number of nitro benzene ring substituents is 3. The van der Waals surface area contributed by atoms with Gasteiger partial charge in [0.25, 0.3) is 6.01 Å². The van der Waals surface area contributed by atoms with Gasteiger partial charge in [0.15, 0.2) is 28.5 Å². The lowest BCUT2D eigenvalue weighted by Crippen LogP contribution is -2.11. The number of nitrogens with one attached hydrogen (secondary N) is 2. The summed E-state index contributed by atoms with van der Waals surface area (Å²) in [6.07, 6.45) is -3.06. The van der Waals surface area contributed by atoms with Gasteiger partial charge >= 0.3 is 29.4 Å². The number of thiocarbonyl (C=S) groups is 1. The number of phenols is 4. The monoisotopic (exact) mass is 1530 g/mol. The minimum absolute atomic E-state index is 0. The molecule has 0 spiro atoms. The fourth-order valence-electron chi connectivity index (χ4n) is 8.51. The standard InChI is InChI=1S/C18H13ClF3N3O.C10H10N2O3.C10H12N2O.C8H3ClF3NS.C8H8N2O3.C7H4N2O3.C2H8N2.2C2H6O.ClH/c19-13-5-4-11(9-12(13)18(20,21)22)24-17-25-15-6-3-10(8-16(15)26-17)14-2-1-7-23-14;13-10-6-7(8-2-1-5-11-8)3-4-9(10)12(14)15;11-8-4-3-7(6-10(8)13)9-2-1-5-12-9;9-7-2-1-5(13-4-14)3-6(7)8(10,11)12;1-5(9)6-2-3-7(10(12)13)8(11)4-6;1-8-5-2-3-6(9(11)12)7(10)4-5;3-1-2-4;2*1-2-3;/h3-6,8-9H,1-2,7H2,(H,24,25);3-4,6,13H,1-2,5H2;3-4,6,13H,1-2,5,11H2;1-3H;2-4,9,11H,1H3;2-4,10H;1-4H2;2*3H,2H2,1H3;1H. The Bertz CT molecular complexity index is 4420. The number of alkyl halides is 6. The number of nitrogens with zero attached hydrogens (tertiary/aromatic N) is 9. The molecular weight excluding hydrogens is 1460 g/mol. The van der Waals surface area contributed by atoms with Crippen LogP contribution in [0, 0.1) is 42.3 Å². The van der Waals surface area contributed by atoms with Crippen LogP contribution >= 0.6 is 47.8 Å². The molecule has 3 aliphatic rings. The summed E-state index contributed by atoms with van der Waals surface area (Å²) in [5.41, 5.74) is 21.0. The van der Waals surface area contributed by atoms with Gasteiger partial charge in [-0.15, -0.1) is 12.4 Å². The Balaban J connectivity index is 0.000000421. The maximum absolute atomic E-state index is 13.0. The zero-order valence-corrected chi connectivity index (χ0v) is 58.6. The Morgan fingerprint density at radius 2 is 1.08 bits per heavy atom. The number of phenolic OH excluding ortho intramolecular Hbond substituents is 4. The van der Waals surface area contributed by atoms with Crippen molar-refractivity contribution in [1.82, 2.24) is 4.98 Å². The van der Waals surface area contributed by atoms with Crippen molar-refractivity contribution < 1.29 is 76.2 Å². The van der Waals surface area contributed by atoms with Gasteiger partial charge in [0, 0.05) is 92.7 Å². The summed E-state index contributed by atoms with van der Waals surface area (Å²) in [5.74, 6) is -1.04. The molecule has 8 aromatic rings. The highest BCUT2D eigenvalue weighted by Crippen LogP contribution is 2.39. The highest BCUT2D eigenvalue weighted by atomic mass is 35.5. The third-order valence-electron chi connectivity index (χ3n) is 13.2. The summed E-state index contributed by atoms with van der Waals surface area (Å²) in [5, 5.41) is 94.3. The molecule has 4 heterocycles. The number of halogens is 9. The molecule has 7 aromatic carbocycles. The fraction of sp³-hybridized carbons (Fsp3) is 0.269. The first kappa shape index (κ1) is 89.4. The summed E-state index contributed by atoms with van der Waals surface area (Å²) in [4.78, 5) is 52.7. The second-order valence-electron chi connectivity index (χ2n) is 20.8. The summed E-state index contributed by atoms with van der Waals surface area (Å²) in [7, 11) is 0. The van der Waals surface area contributed by atoms with Crippen LogP contribution in [0.4, 0.5) is 72.2 Å². The smallest absolute Gasteiger partial charge is 0.417 e. The Morgan fingerprint density at radius 1 is 0.654 bits per heavy atom. The summed E-state index contributed by atoms with van der Waals surface area (Å²) in [6, 6.07) is 29.4. The molecule has 104 heavy (non-hydrogen) atoms. The Labute approximate surface area is 612 Å². The topological polar surface area (TPSA) is 445 Å². The number of anilines is 3. The van der Waals surface area contributed by atoms with Crippen LogP contribution in [0.2, 0.25) is 10.0 Å². The van der Waals surface area contributed by atoms with Gasteiger partial charge in [0.05, 0.1) is 59.1 Å². The van der Waals surface area contributed by atoms with Crippen LogP contribution in [-0.4, -0.2) is 124 Å². The van der Waals surface area contributed by atoms with Gasteiger partial charge in [-0.1, -0.05) is 35.3 Å². The number of oxazole rings is 1. The van der Waals surface area contributed by atoms with Gasteiger partial charge in [-0.2, -0.15) is 36.3 Å². The van der Waals surface area contributed by atoms with Crippen molar-refractivity contribution in [3.8, 4) is 23.0 Å². The number of fused-ring (bicyclic) bond motifs is 1. The molecule has 37 heteroatoms. The predicted molar refractivity (Wildman–Crippen MR) is 393 cm³/mol. The van der Waals surface area contributed by atoms with Gasteiger partial charge in [-0.25, -0.2) is 4.85 Å². The number of aliphatic imine (C=N–C) groups is 4. The molecule has 0 fully saturated rings. The van der Waals surface area contributed by atoms with E-state index in [-0.39, 0.29) is 93.0 Å². The third kappa shape index (κ3) is 29.3. The maximum Gasteiger partial charge on any atom is 0.417 e. The van der Waals surface area contributed by atoms with Crippen LogP contribution in [0.25, 0.3) is 15.9 Å². The van der Waals surface area contributed by atoms with Crippen LogP contribution in [0.5, 0.6) is 23.0 Å². The predicted octanol–water partition coefficient (Wildman–Crippen LogP) is 16.2. The number of aromatic hydroxyl groups is 4. The molecule has 0 saturated carbocycles. The van der Waals surface area contributed by atoms with Crippen LogP contribution in [0.1, 0.15) is 92.7 Å². The molecule has 0 saturated heterocycles. The lowest BCUT2D eigenvalue weighted by Gasteiger charge is -2.10. The van der Waals surface area contributed by atoms with E-state index >= 15 is 0 Å². The number of aromatic nitrogens is 1. The van der Waals surface area contributed by atoms with Crippen molar-refractivity contribution in [1.29, 1.82) is 5.41 Å². The molecule has 0 aliphatic carbocycles. The number of aliphatic hydroxyl groups is 2. The number of hydrogen-bond acceptors (Lipinski definition) is 24. The maximum atomic E-state index is 13.0. The van der Waals surface area contributed by atoms with Crippen molar-refractivity contribution >= 4 is 133 Å². The van der Waals surface area contributed by atoms with Gasteiger partial charge in [0.1, 0.15) is 11.3 Å². The van der Waals surface area contributed by atoms with Crippen molar-refractivity contribution in [2.75, 3.05) is 57.0 Å². The number of rotatable bonds is 11. The summed E-state index contributed by atoms with van der Waals surface area (Å²) in [6.45, 7) is 15.7. The number of hydrogen-bond donors (Lipinski definition) is 11. The van der Waals surface area contributed by atoms with Crippen molar-refractivity contribution in [2.24, 2.45) is 31.4 Å². The van der Waals surface area contributed by atoms with Crippen molar-refractivity contribution in [2.45, 2.75) is 71.6 Å². The molecular formula is C67H71Cl3F6N14O13S. The zero-order chi connectivity index (χ0) is 77.1. The Morgan fingerprint density at radius 3 is 1.48 bits per heavy atom. The molecule has 1 aromatic heterocycles. The van der Waals surface area contributed by atoms with E-state index in [1.165, 1.54) is 54.6 Å². The molecule has 0 unspecified atom stereocenters. The Kier molecular flexibility index (Phi) is 38.3. The number of nitrogen functional groups attached to an aromatic ring is 1. The van der Waals surface area contributed by atoms with E-state index in [4.69, 9.17) is 72.1 Å². The molecule has 0 atom stereocenters. The molecule has 0 bridgehead atoms. The first-order valence-electron chi connectivity index (χ1n) is 30.4. The van der Waals surface area contributed by atoms with Gasteiger partial charge in [-0.3, -0.25) is 45.3 Å². The van der Waals surface area contributed by atoms with E-state index in [0.29, 0.717) is 35.4 Å². The Hall–Kier alpha value is -10.7. The highest BCUT2D eigenvalue weighted by Gasteiger charge is 2.34. The second kappa shape index (κ2) is 44.6.